The van der Waals surface area contributed by atoms with Crippen molar-refractivity contribution < 1.29 is 0 Å². The van der Waals surface area contributed by atoms with Crippen LogP contribution < -0.4 is 10.6 Å². The minimum Gasteiger partial charge on any atom is -0.370 e. The Morgan fingerprint density at radius 1 is 1.17 bits per heavy atom. The lowest BCUT2D eigenvalue weighted by Crippen LogP contribution is -2.11. The highest BCUT2D eigenvalue weighted by molar-refractivity contribution is 7.98. The fraction of sp³-hybridized carbons (Fsp3) is 0.692. The molecule has 0 aliphatic rings. The van der Waals surface area contributed by atoms with Gasteiger partial charge in [0, 0.05) is 30.8 Å². The summed E-state index contributed by atoms with van der Waals surface area (Å²) >= 11 is 1.83. The number of hydrogen-bond donors (Lipinski definition) is 2. The van der Waals surface area contributed by atoms with Gasteiger partial charge < -0.3 is 10.6 Å². The number of nitrogens with zero attached hydrogens (tertiary/aromatic N) is 2. The Hall–Kier alpha value is -0.970. The van der Waals surface area contributed by atoms with E-state index < -0.39 is 0 Å². The lowest BCUT2D eigenvalue weighted by Gasteiger charge is -2.12. The molecule has 0 aliphatic heterocycles. The van der Waals surface area contributed by atoms with Crippen molar-refractivity contribution in [3.63, 3.8) is 0 Å². The number of anilines is 2. The van der Waals surface area contributed by atoms with Crippen molar-refractivity contribution in [1.29, 1.82) is 0 Å². The molecule has 1 aromatic rings. The molecular formula is C13H24N4S. The minimum atomic E-state index is 0.342. The highest BCUT2D eigenvalue weighted by Gasteiger charge is 2.07. The SMILES string of the molecule is CCCNc1cc(NCCSC)nc(C(C)C)n1. The summed E-state index contributed by atoms with van der Waals surface area (Å²) in [5, 5.41) is 6.67. The smallest absolute Gasteiger partial charge is 0.135 e. The van der Waals surface area contributed by atoms with Gasteiger partial charge in [-0.05, 0) is 12.7 Å². The van der Waals surface area contributed by atoms with Crippen LogP contribution in [-0.2, 0) is 0 Å². The van der Waals surface area contributed by atoms with E-state index in [-0.39, 0.29) is 0 Å². The maximum atomic E-state index is 4.54. The molecule has 1 aromatic heterocycles. The van der Waals surface area contributed by atoms with Crippen LogP contribution in [0.5, 0.6) is 0 Å². The molecule has 0 aromatic carbocycles. The van der Waals surface area contributed by atoms with Crippen molar-refractivity contribution in [2.45, 2.75) is 33.1 Å². The maximum absolute atomic E-state index is 4.54. The average Bonchev–Trinajstić information content (AvgIpc) is 2.36. The molecule has 0 bridgehead atoms. The first kappa shape index (κ1) is 15.1. The van der Waals surface area contributed by atoms with Gasteiger partial charge in [0.05, 0.1) is 0 Å². The van der Waals surface area contributed by atoms with Gasteiger partial charge in [-0.2, -0.15) is 11.8 Å². The quantitative estimate of drug-likeness (QED) is 0.709. The molecule has 2 N–H and O–H groups in total. The fourth-order valence-corrected chi connectivity index (χ4v) is 1.75. The van der Waals surface area contributed by atoms with Crippen LogP contribution in [0.2, 0.25) is 0 Å². The van der Waals surface area contributed by atoms with Crippen molar-refractivity contribution in [2.24, 2.45) is 0 Å². The Morgan fingerprint density at radius 2 is 1.78 bits per heavy atom. The molecule has 0 spiro atoms. The fourth-order valence-electron chi connectivity index (χ4n) is 1.44. The van der Waals surface area contributed by atoms with Gasteiger partial charge in [0.15, 0.2) is 0 Å². The van der Waals surface area contributed by atoms with Gasteiger partial charge in [-0.1, -0.05) is 20.8 Å². The minimum absolute atomic E-state index is 0.342. The average molecular weight is 268 g/mol. The summed E-state index contributed by atoms with van der Waals surface area (Å²) in [6, 6.07) is 1.99. The Kier molecular flexibility index (Phi) is 6.86. The lowest BCUT2D eigenvalue weighted by atomic mass is 10.2. The van der Waals surface area contributed by atoms with Crippen LogP contribution in [0, 0.1) is 0 Å². The molecule has 1 rings (SSSR count). The van der Waals surface area contributed by atoms with E-state index in [4.69, 9.17) is 0 Å². The molecule has 0 amide bonds. The molecule has 5 heteroatoms. The van der Waals surface area contributed by atoms with E-state index in [1.165, 1.54) is 0 Å². The highest BCUT2D eigenvalue weighted by atomic mass is 32.2. The second-order valence-corrected chi connectivity index (χ2v) is 5.48. The van der Waals surface area contributed by atoms with Crippen LogP contribution in [0.15, 0.2) is 6.07 Å². The van der Waals surface area contributed by atoms with Gasteiger partial charge in [-0.3, -0.25) is 0 Å². The molecule has 4 nitrogen and oxygen atoms in total. The van der Waals surface area contributed by atoms with Crippen molar-refractivity contribution in [3.8, 4) is 0 Å². The third-order valence-electron chi connectivity index (χ3n) is 2.43. The van der Waals surface area contributed by atoms with Crippen molar-refractivity contribution in [1.82, 2.24) is 9.97 Å². The zero-order chi connectivity index (χ0) is 13.4. The van der Waals surface area contributed by atoms with Crippen LogP contribution in [0.4, 0.5) is 11.6 Å². The van der Waals surface area contributed by atoms with Crippen LogP contribution in [0.3, 0.4) is 0 Å². The molecule has 1 heterocycles. The Balaban J connectivity index is 2.77. The van der Waals surface area contributed by atoms with Crippen LogP contribution in [-0.4, -0.2) is 35.1 Å². The van der Waals surface area contributed by atoms with Gasteiger partial charge in [0.25, 0.3) is 0 Å². The Labute approximate surface area is 114 Å². The standard InChI is InChI=1S/C13H24N4S/c1-5-6-14-11-9-12(15-7-8-18-4)17-13(16-11)10(2)3/h9-10H,5-8H2,1-4H3,(H2,14,15,16,17). The van der Waals surface area contributed by atoms with Gasteiger partial charge >= 0.3 is 0 Å². The topological polar surface area (TPSA) is 49.8 Å². The van der Waals surface area contributed by atoms with Gasteiger partial charge in [0.1, 0.15) is 17.5 Å². The van der Waals surface area contributed by atoms with E-state index in [0.29, 0.717) is 5.92 Å². The van der Waals surface area contributed by atoms with Gasteiger partial charge in [-0.15, -0.1) is 0 Å². The van der Waals surface area contributed by atoms with Crippen molar-refractivity contribution in [2.75, 3.05) is 35.7 Å². The van der Waals surface area contributed by atoms with Crippen LogP contribution >= 0.6 is 11.8 Å². The van der Waals surface area contributed by atoms with E-state index >= 15 is 0 Å². The Bertz CT molecular complexity index is 355. The normalized spacial score (nSPS) is 10.7. The molecule has 0 fully saturated rings. The lowest BCUT2D eigenvalue weighted by molar-refractivity contribution is 0.774. The molecule has 0 saturated heterocycles. The molecular weight excluding hydrogens is 244 g/mol. The predicted molar refractivity (Wildman–Crippen MR) is 81.8 cm³/mol. The molecule has 0 aliphatic carbocycles. The number of thioether (sulfide) groups is 1. The number of rotatable bonds is 8. The van der Waals surface area contributed by atoms with Crippen molar-refractivity contribution >= 4 is 23.4 Å². The second kappa shape index (κ2) is 8.19. The monoisotopic (exact) mass is 268 g/mol. The van der Waals surface area contributed by atoms with Crippen molar-refractivity contribution in [3.05, 3.63) is 11.9 Å². The van der Waals surface area contributed by atoms with E-state index in [0.717, 1.165) is 42.7 Å². The van der Waals surface area contributed by atoms with Gasteiger partial charge in [0.2, 0.25) is 0 Å². The zero-order valence-electron chi connectivity index (χ0n) is 11.8. The largest absolute Gasteiger partial charge is 0.370 e. The number of hydrogen-bond acceptors (Lipinski definition) is 5. The summed E-state index contributed by atoms with van der Waals surface area (Å²) in [5.41, 5.74) is 0. The first-order chi connectivity index (χ1) is 8.67. The summed E-state index contributed by atoms with van der Waals surface area (Å²) in [7, 11) is 0. The maximum Gasteiger partial charge on any atom is 0.135 e. The summed E-state index contributed by atoms with van der Waals surface area (Å²) < 4.78 is 0. The van der Waals surface area contributed by atoms with E-state index in [1.54, 1.807) is 0 Å². The van der Waals surface area contributed by atoms with Crippen LogP contribution in [0.1, 0.15) is 38.9 Å². The molecule has 0 atom stereocenters. The van der Waals surface area contributed by atoms with Crippen LogP contribution in [0.25, 0.3) is 0 Å². The summed E-state index contributed by atoms with van der Waals surface area (Å²) in [5.74, 6) is 4.15. The van der Waals surface area contributed by atoms with Gasteiger partial charge in [-0.25, -0.2) is 9.97 Å². The Morgan fingerprint density at radius 3 is 2.28 bits per heavy atom. The third kappa shape index (κ3) is 5.12. The first-order valence-electron chi connectivity index (χ1n) is 6.53. The zero-order valence-corrected chi connectivity index (χ0v) is 12.6. The second-order valence-electron chi connectivity index (χ2n) is 4.50. The third-order valence-corrected chi connectivity index (χ3v) is 3.04. The summed E-state index contributed by atoms with van der Waals surface area (Å²) in [4.78, 5) is 9.07. The molecule has 0 saturated carbocycles. The highest BCUT2D eigenvalue weighted by Crippen LogP contribution is 2.17. The predicted octanol–water partition coefficient (Wildman–Crippen LogP) is 3.20. The van der Waals surface area contributed by atoms with E-state index in [1.807, 2.05) is 17.8 Å². The van der Waals surface area contributed by atoms with E-state index in [2.05, 4.69) is 47.6 Å². The molecule has 0 unspecified atom stereocenters. The summed E-state index contributed by atoms with van der Waals surface area (Å²) in [6.07, 6.45) is 3.20. The van der Waals surface area contributed by atoms with E-state index in [9.17, 15) is 0 Å². The molecule has 18 heavy (non-hydrogen) atoms. The molecule has 0 radical (unpaired) electrons. The number of nitrogens with one attached hydrogen (secondary N) is 2. The first-order valence-corrected chi connectivity index (χ1v) is 7.92. The number of aromatic nitrogens is 2. The molecule has 102 valence electrons. The summed E-state index contributed by atoms with van der Waals surface area (Å²) in [6.45, 7) is 8.26.